The van der Waals surface area contributed by atoms with Gasteiger partial charge < -0.3 is 53.0 Å². The van der Waals surface area contributed by atoms with Crippen LogP contribution in [-0.4, -0.2) is 112 Å². The van der Waals surface area contributed by atoms with Crippen molar-refractivity contribution in [3.63, 3.8) is 0 Å². The Hall–Kier alpha value is -4.32. The summed E-state index contributed by atoms with van der Waals surface area (Å²) in [4.78, 5) is 98.9. The van der Waals surface area contributed by atoms with Gasteiger partial charge in [0.15, 0.2) is 0 Å². The summed E-state index contributed by atoms with van der Waals surface area (Å²) in [7, 11) is 0. The minimum Gasteiger partial charge on any atom is -0.481 e. The number of carboxylic acid groups (broad SMARTS) is 2. The van der Waals surface area contributed by atoms with E-state index in [2.05, 4.69) is 31.9 Å². The summed E-state index contributed by atoms with van der Waals surface area (Å²) < 4.78 is 0. The molecule has 0 bridgehead atoms. The molecular formula is C28H47N7O11. The number of amides is 6. The van der Waals surface area contributed by atoms with Crippen LogP contribution >= 0.6 is 0 Å². The molecule has 6 atom stereocenters. The molecule has 1 aliphatic rings. The zero-order valence-electron chi connectivity index (χ0n) is 26.5. The van der Waals surface area contributed by atoms with Gasteiger partial charge in [-0.15, -0.1) is 0 Å². The number of carboxylic acids is 2. The second kappa shape index (κ2) is 19.3. The normalized spacial score (nSPS) is 18.5. The molecule has 0 radical (unpaired) electrons. The smallest absolute Gasteiger partial charge is 0.326 e. The molecule has 18 nitrogen and oxygen atoms in total. The van der Waals surface area contributed by atoms with Gasteiger partial charge in [-0.3, -0.25) is 33.6 Å². The highest BCUT2D eigenvalue weighted by atomic mass is 16.4. The summed E-state index contributed by atoms with van der Waals surface area (Å²) in [5, 5.41) is 42.9. The molecule has 6 amide bonds. The third-order valence-electron chi connectivity index (χ3n) is 6.85. The quantitative estimate of drug-likeness (QED) is 0.0615. The Balaban J connectivity index is 3.05. The molecular weight excluding hydrogens is 610 g/mol. The van der Waals surface area contributed by atoms with Gasteiger partial charge in [-0.25, -0.2) is 4.79 Å². The summed E-state index contributed by atoms with van der Waals surface area (Å²) in [5.41, 5.74) is 5.18. The van der Waals surface area contributed by atoms with E-state index in [0.29, 0.717) is 0 Å². The maximum Gasteiger partial charge on any atom is 0.326 e. The third kappa shape index (κ3) is 15.1. The summed E-state index contributed by atoms with van der Waals surface area (Å²) in [6.07, 6.45) is -2.04. The number of hydrogen-bond donors (Lipinski definition) is 10. The number of primary amides is 1. The molecule has 0 aromatic carbocycles. The number of aliphatic hydroxyl groups is 1. The van der Waals surface area contributed by atoms with Crippen molar-refractivity contribution < 1.29 is 53.7 Å². The van der Waals surface area contributed by atoms with Crippen LogP contribution in [0.2, 0.25) is 0 Å². The summed E-state index contributed by atoms with van der Waals surface area (Å²) in [5.74, 6) is -8.16. The Morgan fingerprint density at radius 3 is 1.80 bits per heavy atom. The van der Waals surface area contributed by atoms with E-state index in [4.69, 9.17) is 5.73 Å². The van der Waals surface area contributed by atoms with E-state index in [-0.39, 0.29) is 50.5 Å². The molecule has 260 valence electrons. The van der Waals surface area contributed by atoms with Crippen molar-refractivity contribution in [2.45, 2.75) is 103 Å². The highest BCUT2D eigenvalue weighted by molar-refractivity contribution is 5.97. The van der Waals surface area contributed by atoms with E-state index in [9.17, 15) is 53.7 Å². The van der Waals surface area contributed by atoms with Crippen molar-refractivity contribution in [2.75, 3.05) is 13.1 Å². The Morgan fingerprint density at radius 2 is 1.30 bits per heavy atom. The van der Waals surface area contributed by atoms with Crippen molar-refractivity contribution in [3.8, 4) is 0 Å². The molecule has 11 N–H and O–H groups in total. The van der Waals surface area contributed by atoms with E-state index in [1.165, 1.54) is 0 Å². The molecule has 1 heterocycles. The number of hydrogen-bond acceptors (Lipinski definition) is 10. The first-order valence-corrected chi connectivity index (χ1v) is 15.0. The van der Waals surface area contributed by atoms with Gasteiger partial charge in [-0.1, -0.05) is 27.7 Å². The number of carbonyl (C=O) groups is 8. The first kappa shape index (κ1) is 39.7. The fraction of sp³-hybridized carbons (Fsp3) is 0.714. The zero-order valence-corrected chi connectivity index (χ0v) is 26.5. The van der Waals surface area contributed by atoms with Crippen LogP contribution in [0.5, 0.6) is 0 Å². The molecule has 0 spiro atoms. The van der Waals surface area contributed by atoms with Crippen molar-refractivity contribution in [2.24, 2.45) is 17.6 Å². The monoisotopic (exact) mass is 657 g/mol. The SMILES string of the molecule is CC(C)C[C@H](NC(=O)[C@H](CC(C)C)NC(=O)[C@H](CC(=O)O)NC(=O)[C@H](CCC(N)=O)NC(=O)CNC(=O)[C@@H]1C[C@@H](O)CN1)C(=O)O. The van der Waals surface area contributed by atoms with Gasteiger partial charge in [0, 0.05) is 13.0 Å². The molecule has 0 aliphatic carbocycles. The number of aliphatic carboxylic acids is 2. The minimum atomic E-state index is -1.74. The lowest BCUT2D eigenvalue weighted by Crippen LogP contribution is -2.58. The second-order valence-corrected chi connectivity index (χ2v) is 12.1. The van der Waals surface area contributed by atoms with Gasteiger partial charge in [0.25, 0.3) is 0 Å². The Labute approximate surface area is 266 Å². The van der Waals surface area contributed by atoms with Gasteiger partial charge in [0.05, 0.1) is 25.1 Å². The lowest BCUT2D eigenvalue weighted by Gasteiger charge is -2.26. The van der Waals surface area contributed by atoms with Crippen molar-refractivity contribution >= 4 is 47.4 Å². The highest BCUT2D eigenvalue weighted by Crippen LogP contribution is 2.10. The Morgan fingerprint density at radius 1 is 0.783 bits per heavy atom. The van der Waals surface area contributed by atoms with Crippen molar-refractivity contribution in [3.05, 3.63) is 0 Å². The Kier molecular flexibility index (Phi) is 16.6. The lowest BCUT2D eigenvalue weighted by atomic mass is 10.00. The van der Waals surface area contributed by atoms with Gasteiger partial charge >= 0.3 is 11.9 Å². The second-order valence-electron chi connectivity index (χ2n) is 12.1. The number of aliphatic hydroxyl groups excluding tert-OH is 1. The molecule has 0 saturated carbocycles. The molecule has 1 aliphatic heterocycles. The van der Waals surface area contributed by atoms with E-state index < -0.39 is 96.7 Å². The fourth-order valence-electron chi connectivity index (χ4n) is 4.60. The van der Waals surface area contributed by atoms with Gasteiger partial charge in [0.2, 0.25) is 35.4 Å². The molecule has 0 aromatic rings. The van der Waals surface area contributed by atoms with Crippen molar-refractivity contribution in [1.29, 1.82) is 0 Å². The highest BCUT2D eigenvalue weighted by Gasteiger charge is 2.33. The molecule has 1 rings (SSSR count). The molecule has 0 aromatic heterocycles. The van der Waals surface area contributed by atoms with Crippen LogP contribution in [0.3, 0.4) is 0 Å². The maximum absolute atomic E-state index is 13.2. The number of rotatable bonds is 20. The molecule has 46 heavy (non-hydrogen) atoms. The maximum atomic E-state index is 13.2. The molecule has 0 unspecified atom stereocenters. The van der Waals surface area contributed by atoms with Crippen LogP contribution in [0.15, 0.2) is 0 Å². The largest absolute Gasteiger partial charge is 0.481 e. The van der Waals surface area contributed by atoms with E-state index >= 15 is 0 Å². The standard InChI is InChI=1S/C28H47N7O11/c1-13(2)7-18(26(43)35-20(28(45)46)8-14(3)4)33-27(44)19(10-23(39)40)34-25(42)16(5-6-21(29)37)32-22(38)12-31-24(41)17-9-15(36)11-30-17/h13-20,30,36H,5-12H2,1-4H3,(H2,29,37)(H,31,41)(H,32,38)(H,33,44)(H,34,42)(H,35,43)(H,39,40)(H,45,46)/t15-,16+,17+,18+,19+,20+/m1/s1. The molecule has 18 heteroatoms. The van der Waals surface area contributed by atoms with Crippen molar-refractivity contribution in [1.82, 2.24) is 31.9 Å². The number of carbonyl (C=O) groups excluding carboxylic acids is 6. The lowest BCUT2D eigenvalue weighted by molar-refractivity contribution is -0.143. The van der Waals surface area contributed by atoms with Gasteiger partial charge in [-0.2, -0.15) is 0 Å². The van der Waals surface area contributed by atoms with Gasteiger partial charge in [-0.05, 0) is 37.5 Å². The number of nitrogens with one attached hydrogen (secondary N) is 6. The predicted octanol–water partition coefficient (Wildman–Crippen LogP) is -3.32. The van der Waals surface area contributed by atoms with Crippen LogP contribution in [-0.2, 0) is 38.4 Å². The number of nitrogens with two attached hydrogens (primary N) is 1. The summed E-state index contributed by atoms with van der Waals surface area (Å²) in [6, 6.07) is -6.47. The van der Waals surface area contributed by atoms with Crippen LogP contribution in [0.4, 0.5) is 0 Å². The average molecular weight is 658 g/mol. The average Bonchev–Trinajstić information content (AvgIpc) is 3.38. The summed E-state index contributed by atoms with van der Waals surface area (Å²) in [6.45, 7) is 6.65. The third-order valence-corrected chi connectivity index (χ3v) is 6.85. The van der Waals surface area contributed by atoms with Gasteiger partial charge in [0.1, 0.15) is 24.2 Å². The summed E-state index contributed by atoms with van der Waals surface area (Å²) >= 11 is 0. The van der Waals surface area contributed by atoms with Crippen LogP contribution in [0.25, 0.3) is 0 Å². The first-order valence-electron chi connectivity index (χ1n) is 15.0. The minimum absolute atomic E-state index is 0.0533. The molecule has 1 fully saturated rings. The number of β-amino-alcohol motifs (C(OH)–C–C–N with tert-alkyl or cyclic N) is 1. The first-order chi connectivity index (χ1) is 21.4. The van der Waals surface area contributed by atoms with Crippen LogP contribution in [0, 0.1) is 11.8 Å². The van der Waals surface area contributed by atoms with E-state index in [1.807, 2.05) is 0 Å². The van der Waals surface area contributed by atoms with E-state index in [1.54, 1.807) is 27.7 Å². The zero-order chi connectivity index (χ0) is 35.1. The fourth-order valence-corrected chi connectivity index (χ4v) is 4.60. The van der Waals surface area contributed by atoms with Crippen LogP contribution < -0.4 is 37.6 Å². The van der Waals surface area contributed by atoms with E-state index in [0.717, 1.165) is 0 Å². The molecule has 1 saturated heterocycles. The predicted molar refractivity (Wildman–Crippen MR) is 160 cm³/mol. The topological polar surface area (TPSA) is 295 Å². The van der Waals surface area contributed by atoms with Crippen LogP contribution in [0.1, 0.15) is 66.2 Å². The Bertz CT molecular complexity index is 1130.